The van der Waals surface area contributed by atoms with Crippen LogP contribution in [0.1, 0.15) is 66.8 Å². The number of aryl methyl sites for hydroxylation is 3. The molecular formula is C19H26N2. The zero-order valence-corrected chi connectivity index (χ0v) is 13.5. The Morgan fingerprint density at radius 1 is 0.952 bits per heavy atom. The Kier molecular flexibility index (Phi) is 4.14. The minimum Gasteiger partial charge on any atom is -0.342 e. The van der Waals surface area contributed by atoms with Crippen LogP contribution < -0.4 is 0 Å². The summed E-state index contributed by atoms with van der Waals surface area (Å²) in [7, 11) is 0. The van der Waals surface area contributed by atoms with Gasteiger partial charge in [0.25, 0.3) is 0 Å². The van der Waals surface area contributed by atoms with Gasteiger partial charge in [0, 0.05) is 23.4 Å². The van der Waals surface area contributed by atoms with Crippen LogP contribution in [0.25, 0.3) is 11.4 Å². The second-order valence-corrected chi connectivity index (χ2v) is 6.65. The van der Waals surface area contributed by atoms with Crippen molar-refractivity contribution >= 4 is 0 Å². The summed E-state index contributed by atoms with van der Waals surface area (Å²) in [5.74, 6) is 1.73. The summed E-state index contributed by atoms with van der Waals surface area (Å²) in [6, 6.07) is 4.49. The maximum atomic E-state index is 4.69. The Bertz CT molecular complexity index is 593. The summed E-state index contributed by atoms with van der Waals surface area (Å²) in [5, 5.41) is 0. The van der Waals surface area contributed by atoms with Crippen LogP contribution in [0, 0.1) is 20.8 Å². The molecule has 2 heteroatoms. The molecule has 21 heavy (non-hydrogen) atoms. The van der Waals surface area contributed by atoms with E-state index in [4.69, 9.17) is 0 Å². The zero-order chi connectivity index (χ0) is 14.8. The number of rotatable bonds is 2. The molecule has 1 saturated carbocycles. The predicted molar refractivity (Wildman–Crippen MR) is 88.7 cm³/mol. The first-order valence-corrected chi connectivity index (χ1v) is 8.28. The molecule has 1 N–H and O–H groups in total. The molecule has 3 rings (SSSR count). The summed E-state index contributed by atoms with van der Waals surface area (Å²) in [4.78, 5) is 8.30. The second-order valence-electron chi connectivity index (χ2n) is 6.65. The van der Waals surface area contributed by atoms with Crippen LogP contribution >= 0.6 is 0 Å². The van der Waals surface area contributed by atoms with Crippen LogP contribution in [0.2, 0.25) is 0 Å². The van der Waals surface area contributed by atoms with Crippen molar-refractivity contribution in [3.63, 3.8) is 0 Å². The molecule has 0 unspecified atom stereocenters. The van der Waals surface area contributed by atoms with Gasteiger partial charge in [-0.1, -0.05) is 43.4 Å². The first-order valence-electron chi connectivity index (χ1n) is 8.28. The third-order valence-corrected chi connectivity index (χ3v) is 4.80. The molecule has 0 amide bonds. The topological polar surface area (TPSA) is 28.7 Å². The molecule has 0 bridgehead atoms. The van der Waals surface area contributed by atoms with Gasteiger partial charge in [0.15, 0.2) is 0 Å². The molecule has 0 aliphatic heterocycles. The Labute approximate surface area is 128 Å². The molecule has 0 atom stereocenters. The standard InChI is InChI=1S/C19H26N2/c1-13-10-14(2)18(15(3)11-13)19-20-12-17(21-19)16-8-6-4-5-7-9-16/h10-12,16H,4-9H2,1-3H3,(H,20,21). The van der Waals surface area contributed by atoms with Gasteiger partial charge in [-0.2, -0.15) is 0 Å². The van der Waals surface area contributed by atoms with Gasteiger partial charge in [-0.25, -0.2) is 4.98 Å². The summed E-state index contributed by atoms with van der Waals surface area (Å²) in [6.45, 7) is 6.52. The number of imidazole rings is 1. The molecule has 2 aromatic rings. The minimum absolute atomic E-state index is 0.680. The van der Waals surface area contributed by atoms with Crippen molar-refractivity contribution in [2.24, 2.45) is 0 Å². The van der Waals surface area contributed by atoms with Gasteiger partial charge in [0.05, 0.1) is 0 Å². The van der Waals surface area contributed by atoms with E-state index in [1.807, 2.05) is 0 Å². The number of benzene rings is 1. The molecular weight excluding hydrogens is 256 g/mol. The molecule has 2 nitrogen and oxygen atoms in total. The largest absolute Gasteiger partial charge is 0.342 e. The molecule has 0 saturated heterocycles. The molecule has 1 aliphatic rings. The predicted octanol–water partition coefficient (Wildman–Crippen LogP) is 5.44. The molecule has 1 heterocycles. The van der Waals surface area contributed by atoms with Crippen molar-refractivity contribution < 1.29 is 0 Å². The third-order valence-electron chi connectivity index (χ3n) is 4.80. The highest BCUT2D eigenvalue weighted by molar-refractivity contribution is 5.65. The van der Waals surface area contributed by atoms with Gasteiger partial charge in [-0.15, -0.1) is 0 Å². The Morgan fingerprint density at radius 3 is 2.19 bits per heavy atom. The second kappa shape index (κ2) is 6.05. The molecule has 0 radical (unpaired) electrons. The molecule has 1 aliphatic carbocycles. The molecule has 1 aromatic heterocycles. The van der Waals surface area contributed by atoms with E-state index in [0.29, 0.717) is 5.92 Å². The summed E-state index contributed by atoms with van der Waals surface area (Å²) in [5.41, 5.74) is 6.57. The lowest BCUT2D eigenvalue weighted by Crippen LogP contribution is -1.98. The maximum absolute atomic E-state index is 4.69. The maximum Gasteiger partial charge on any atom is 0.138 e. The lowest BCUT2D eigenvalue weighted by Gasteiger charge is -2.12. The number of hydrogen-bond donors (Lipinski definition) is 1. The SMILES string of the molecule is Cc1cc(C)c(-c2ncc(C3CCCCCC3)[nH]2)c(C)c1. The first kappa shape index (κ1) is 14.4. The first-order chi connectivity index (χ1) is 10.1. The van der Waals surface area contributed by atoms with E-state index in [2.05, 4.69) is 49.1 Å². The van der Waals surface area contributed by atoms with Crippen molar-refractivity contribution in [3.8, 4) is 11.4 Å². The fraction of sp³-hybridized carbons (Fsp3) is 0.526. The van der Waals surface area contributed by atoms with Crippen LogP contribution in [0.5, 0.6) is 0 Å². The average molecular weight is 282 g/mol. The highest BCUT2D eigenvalue weighted by Crippen LogP contribution is 2.33. The van der Waals surface area contributed by atoms with Crippen molar-refractivity contribution in [3.05, 3.63) is 40.7 Å². The van der Waals surface area contributed by atoms with Gasteiger partial charge in [-0.3, -0.25) is 0 Å². The number of nitrogens with one attached hydrogen (secondary N) is 1. The van der Waals surface area contributed by atoms with E-state index in [1.165, 1.54) is 66.5 Å². The van der Waals surface area contributed by atoms with E-state index in [1.54, 1.807) is 0 Å². The van der Waals surface area contributed by atoms with Gasteiger partial charge in [0.1, 0.15) is 5.82 Å². The molecule has 112 valence electrons. The van der Waals surface area contributed by atoms with Crippen molar-refractivity contribution in [1.82, 2.24) is 9.97 Å². The minimum atomic E-state index is 0.680. The third kappa shape index (κ3) is 3.04. The van der Waals surface area contributed by atoms with Crippen molar-refractivity contribution in [2.75, 3.05) is 0 Å². The molecule has 1 aromatic carbocycles. The lowest BCUT2D eigenvalue weighted by atomic mass is 9.97. The van der Waals surface area contributed by atoms with Crippen LogP contribution in [0.15, 0.2) is 18.3 Å². The van der Waals surface area contributed by atoms with Crippen LogP contribution in [0.3, 0.4) is 0 Å². The van der Waals surface area contributed by atoms with Gasteiger partial charge < -0.3 is 4.98 Å². The summed E-state index contributed by atoms with van der Waals surface area (Å²) >= 11 is 0. The number of H-pyrrole nitrogens is 1. The van der Waals surface area contributed by atoms with E-state index in [0.717, 1.165) is 5.82 Å². The van der Waals surface area contributed by atoms with E-state index in [-0.39, 0.29) is 0 Å². The van der Waals surface area contributed by atoms with E-state index < -0.39 is 0 Å². The highest BCUT2D eigenvalue weighted by Gasteiger charge is 2.18. The van der Waals surface area contributed by atoms with E-state index in [9.17, 15) is 0 Å². The Morgan fingerprint density at radius 2 is 1.57 bits per heavy atom. The monoisotopic (exact) mass is 282 g/mol. The summed E-state index contributed by atoms with van der Waals surface area (Å²) < 4.78 is 0. The molecule has 1 fully saturated rings. The highest BCUT2D eigenvalue weighted by atomic mass is 14.9. The molecule has 0 spiro atoms. The van der Waals surface area contributed by atoms with Gasteiger partial charge in [0.2, 0.25) is 0 Å². The Hall–Kier alpha value is -1.57. The summed E-state index contributed by atoms with van der Waals surface area (Å²) in [6.07, 6.45) is 10.2. The van der Waals surface area contributed by atoms with Crippen LogP contribution in [-0.2, 0) is 0 Å². The van der Waals surface area contributed by atoms with Crippen LogP contribution in [-0.4, -0.2) is 9.97 Å². The van der Waals surface area contributed by atoms with Crippen molar-refractivity contribution in [2.45, 2.75) is 65.2 Å². The number of aromatic amines is 1. The van der Waals surface area contributed by atoms with Crippen molar-refractivity contribution in [1.29, 1.82) is 0 Å². The van der Waals surface area contributed by atoms with Crippen LogP contribution in [0.4, 0.5) is 0 Å². The number of aromatic nitrogens is 2. The van der Waals surface area contributed by atoms with Gasteiger partial charge in [-0.05, 0) is 44.7 Å². The quantitative estimate of drug-likeness (QED) is 0.730. The smallest absolute Gasteiger partial charge is 0.138 e. The number of nitrogens with zero attached hydrogens (tertiary/aromatic N) is 1. The normalized spacial score (nSPS) is 16.9. The average Bonchev–Trinajstić information content (AvgIpc) is 2.72. The number of hydrogen-bond acceptors (Lipinski definition) is 1. The lowest BCUT2D eigenvalue weighted by molar-refractivity contribution is 0.580. The fourth-order valence-corrected chi connectivity index (χ4v) is 3.81. The Balaban J connectivity index is 1.91. The van der Waals surface area contributed by atoms with E-state index >= 15 is 0 Å². The fourth-order valence-electron chi connectivity index (χ4n) is 3.81. The van der Waals surface area contributed by atoms with Gasteiger partial charge >= 0.3 is 0 Å². The zero-order valence-electron chi connectivity index (χ0n) is 13.5.